The molecule has 0 spiro atoms. The molecule has 1 fully saturated rings. The lowest BCUT2D eigenvalue weighted by Gasteiger charge is -2.25. The molecule has 0 bridgehead atoms. The molecule has 1 aromatic carbocycles. The predicted molar refractivity (Wildman–Crippen MR) is 78.9 cm³/mol. The summed E-state index contributed by atoms with van der Waals surface area (Å²) in [6.45, 7) is 11.4. The Kier molecular flexibility index (Phi) is 3.55. The van der Waals surface area contributed by atoms with Crippen molar-refractivity contribution in [2.75, 3.05) is 0 Å². The average Bonchev–Trinajstić information content (AvgIpc) is 3.09. The summed E-state index contributed by atoms with van der Waals surface area (Å²) in [5.41, 5.74) is 3.49. The van der Waals surface area contributed by atoms with Crippen molar-refractivity contribution in [2.45, 2.75) is 70.9 Å². The van der Waals surface area contributed by atoms with Crippen LogP contribution in [0.3, 0.4) is 0 Å². The summed E-state index contributed by atoms with van der Waals surface area (Å²) in [4.78, 5) is 0. The number of rotatable bonds is 5. The third-order valence-electron chi connectivity index (χ3n) is 4.42. The minimum absolute atomic E-state index is 0.281. The van der Waals surface area contributed by atoms with Crippen LogP contribution in [0.25, 0.3) is 0 Å². The Morgan fingerprint density at radius 1 is 1.17 bits per heavy atom. The molecule has 0 unspecified atom stereocenters. The number of nitrogens with one attached hydrogen (secondary N) is 1. The van der Waals surface area contributed by atoms with Crippen molar-refractivity contribution in [1.29, 1.82) is 0 Å². The molecule has 0 saturated heterocycles. The largest absolute Gasteiger partial charge is 0.305 e. The first-order valence-electron chi connectivity index (χ1n) is 7.28. The standard InChI is InChI=1S/C17H27N/c1-6-16(4,5)14-7-9-15(10-8-14)17(11-12-17)18-13(2)3/h7-10,13,18H,6,11-12H2,1-5H3. The van der Waals surface area contributed by atoms with Crippen LogP contribution in [0.4, 0.5) is 0 Å². The molecule has 0 aliphatic heterocycles. The first-order chi connectivity index (χ1) is 8.39. The Bertz CT molecular complexity index is 396. The molecule has 0 radical (unpaired) electrons. The summed E-state index contributed by atoms with van der Waals surface area (Å²) in [5.74, 6) is 0. The maximum Gasteiger partial charge on any atom is 0.0438 e. The van der Waals surface area contributed by atoms with Gasteiger partial charge in [0.05, 0.1) is 0 Å². The molecule has 1 aliphatic carbocycles. The van der Waals surface area contributed by atoms with Gasteiger partial charge in [0.15, 0.2) is 0 Å². The third kappa shape index (κ3) is 2.61. The van der Waals surface area contributed by atoms with Crippen molar-refractivity contribution in [1.82, 2.24) is 5.32 Å². The van der Waals surface area contributed by atoms with Gasteiger partial charge in [-0.15, -0.1) is 0 Å². The van der Waals surface area contributed by atoms with Gasteiger partial charge < -0.3 is 5.32 Å². The second-order valence-electron chi connectivity index (χ2n) is 6.70. The van der Waals surface area contributed by atoms with Crippen LogP contribution in [0.2, 0.25) is 0 Å². The van der Waals surface area contributed by atoms with E-state index in [2.05, 4.69) is 64.2 Å². The van der Waals surface area contributed by atoms with E-state index < -0.39 is 0 Å². The lowest BCUT2D eigenvalue weighted by molar-refractivity contribution is 0.460. The van der Waals surface area contributed by atoms with Crippen molar-refractivity contribution in [3.8, 4) is 0 Å². The number of hydrogen-bond acceptors (Lipinski definition) is 1. The predicted octanol–water partition coefficient (Wildman–Crippen LogP) is 4.36. The highest BCUT2D eigenvalue weighted by atomic mass is 15.0. The Balaban J connectivity index is 2.18. The van der Waals surface area contributed by atoms with E-state index in [0.717, 1.165) is 0 Å². The van der Waals surface area contributed by atoms with E-state index >= 15 is 0 Å². The van der Waals surface area contributed by atoms with Crippen LogP contribution >= 0.6 is 0 Å². The van der Waals surface area contributed by atoms with Crippen LogP contribution in [0.5, 0.6) is 0 Å². The summed E-state index contributed by atoms with van der Waals surface area (Å²) in [6, 6.07) is 9.85. The summed E-state index contributed by atoms with van der Waals surface area (Å²) < 4.78 is 0. The molecular weight excluding hydrogens is 218 g/mol. The van der Waals surface area contributed by atoms with Crippen molar-refractivity contribution in [2.24, 2.45) is 0 Å². The lowest BCUT2D eigenvalue weighted by atomic mass is 9.81. The Morgan fingerprint density at radius 2 is 1.72 bits per heavy atom. The fraction of sp³-hybridized carbons (Fsp3) is 0.647. The zero-order valence-electron chi connectivity index (χ0n) is 12.5. The van der Waals surface area contributed by atoms with Gasteiger partial charge in [-0.3, -0.25) is 0 Å². The van der Waals surface area contributed by atoms with Crippen molar-refractivity contribution < 1.29 is 0 Å². The average molecular weight is 245 g/mol. The topological polar surface area (TPSA) is 12.0 Å². The third-order valence-corrected chi connectivity index (χ3v) is 4.42. The van der Waals surface area contributed by atoms with E-state index in [0.29, 0.717) is 11.5 Å². The van der Waals surface area contributed by atoms with Crippen LogP contribution in [-0.2, 0) is 11.0 Å². The van der Waals surface area contributed by atoms with Crippen LogP contribution in [-0.4, -0.2) is 6.04 Å². The van der Waals surface area contributed by atoms with E-state index in [-0.39, 0.29) is 5.54 Å². The zero-order chi connectivity index (χ0) is 13.4. The Hall–Kier alpha value is -0.820. The van der Waals surface area contributed by atoms with Crippen molar-refractivity contribution in [3.05, 3.63) is 35.4 Å². The maximum atomic E-state index is 3.72. The molecule has 1 nitrogen and oxygen atoms in total. The van der Waals surface area contributed by atoms with Gasteiger partial charge in [-0.2, -0.15) is 0 Å². The van der Waals surface area contributed by atoms with E-state index in [1.807, 2.05) is 0 Å². The highest BCUT2D eigenvalue weighted by Crippen LogP contribution is 2.46. The molecule has 0 atom stereocenters. The molecule has 1 N–H and O–H groups in total. The number of benzene rings is 1. The highest BCUT2D eigenvalue weighted by Gasteiger charge is 2.44. The van der Waals surface area contributed by atoms with Gasteiger partial charge in [-0.05, 0) is 35.8 Å². The van der Waals surface area contributed by atoms with Gasteiger partial charge in [-0.1, -0.05) is 58.9 Å². The van der Waals surface area contributed by atoms with E-state index in [9.17, 15) is 0 Å². The SMILES string of the molecule is CCC(C)(C)c1ccc(C2(NC(C)C)CC2)cc1. The Morgan fingerprint density at radius 3 is 2.11 bits per heavy atom. The monoisotopic (exact) mass is 245 g/mol. The van der Waals surface area contributed by atoms with Crippen LogP contribution in [0, 0.1) is 0 Å². The first-order valence-corrected chi connectivity index (χ1v) is 7.28. The second kappa shape index (κ2) is 4.70. The van der Waals surface area contributed by atoms with Gasteiger partial charge in [0.1, 0.15) is 0 Å². The fourth-order valence-corrected chi connectivity index (χ4v) is 2.64. The number of hydrogen-bond donors (Lipinski definition) is 1. The zero-order valence-corrected chi connectivity index (χ0v) is 12.5. The molecule has 100 valence electrons. The molecule has 1 aromatic rings. The van der Waals surface area contributed by atoms with Crippen LogP contribution in [0.15, 0.2) is 24.3 Å². The maximum absolute atomic E-state index is 3.72. The summed E-state index contributed by atoms with van der Waals surface area (Å²) >= 11 is 0. The van der Waals surface area contributed by atoms with Gasteiger partial charge in [-0.25, -0.2) is 0 Å². The van der Waals surface area contributed by atoms with Crippen LogP contribution < -0.4 is 5.32 Å². The smallest absolute Gasteiger partial charge is 0.0438 e. The highest BCUT2D eigenvalue weighted by molar-refractivity contribution is 5.35. The Labute approximate surface area is 112 Å². The van der Waals surface area contributed by atoms with Crippen LogP contribution in [0.1, 0.15) is 65.0 Å². The molecule has 0 heterocycles. The molecule has 2 rings (SSSR count). The molecule has 0 amide bonds. The lowest BCUT2D eigenvalue weighted by Crippen LogP contribution is -2.34. The van der Waals surface area contributed by atoms with Crippen molar-refractivity contribution in [3.63, 3.8) is 0 Å². The van der Waals surface area contributed by atoms with E-state index in [1.54, 1.807) is 0 Å². The van der Waals surface area contributed by atoms with Gasteiger partial charge in [0, 0.05) is 11.6 Å². The van der Waals surface area contributed by atoms with E-state index in [1.165, 1.54) is 30.4 Å². The summed E-state index contributed by atoms with van der Waals surface area (Å²) in [6.07, 6.45) is 3.74. The second-order valence-corrected chi connectivity index (χ2v) is 6.70. The fourth-order valence-electron chi connectivity index (χ4n) is 2.64. The van der Waals surface area contributed by atoms with Gasteiger partial charge in [0.25, 0.3) is 0 Å². The molecule has 1 heteroatoms. The van der Waals surface area contributed by atoms with Crippen molar-refractivity contribution >= 4 is 0 Å². The minimum atomic E-state index is 0.281. The molecule has 18 heavy (non-hydrogen) atoms. The molecule has 1 aliphatic rings. The van der Waals surface area contributed by atoms with Gasteiger partial charge >= 0.3 is 0 Å². The van der Waals surface area contributed by atoms with E-state index in [4.69, 9.17) is 0 Å². The molecule has 1 saturated carbocycles. The summed E-state index contributed by atoms with van der Waals surface area (Å²) in [5, 5.41) is 3.72. The van der Waals surface area contributed by atoms with Gasteiger partial charge in [0.2, 0.25) is 0 Å². The molecular formula is C17H27N. The summed E-state index contributed by atoms with van der Waals surface area (Å²) in [7, 11) is 0. The minimum Gasteiger partial charge on any atom is -0.305 e. The normalized spacial score (nSPS) is 18.1. The molecule has 0 aromatic heterocycles. The quantitative estimate of drug-likeness (QED) is 0.812. The first kappa shape index (κ1) is 13.6.